The van der Waals surface area contributed by atoms with E-state index in [1.54, 1.807) is 30.5 Å². The lowest BCUT2D eigenvalue weighted by molar-refractivity contribution is 0.102. The van der Waals surface area contributed by atoms with Gasteiger partial charge in [-0.05, 0) is 36.4 Å². The van der Waals surface area contributed by atoms with Gasteiger partial charge in [-0.3, -0.25) is 14.0 Å². The van der Waals surface area contributed by atoms with Crippen LogP contribution in [0.3, 0.4) is 0 Å². The van der Waals surface area contributed by atoms with Crippen LogP contribution in [0.2, 0.25) is 0 Å². The number of amides is 1. The van der Waals surface area contributed by atoms with E-state index < -0.39 is 11.5 Å². The van der Waals surface area contributed by atoms with Crippen molar-refractivity contribution in [3.05, 3.63) is 95.0 Å². The van der Waals surface area contributed by atoms with Crippen molar-refractivity contribution in [2.45, 2.75) is 0 Å². The molecule has 140 valence electrons. The van der Waals surface area contributed by atoms with Gasteiger partial charge < -0.3 is 10.3 Å². The summed E-state index contributed by atoms with van der Waals surface area (Å²) in [5, 5.41) is 2.82. The number of fused-ring (bicyclic) bond motifs is 2. The van der Waals surface area contributed by atoms with Gasteiger partial charge >= 0.3 is 0 Å². The molecule has 1 amide bonds. The molecule has 0 saturated heterocycles. The number of rotatable bonds is 3. The smallest absolute Gasteiger partial charge is 0.270 e. The second-order valence-corrected chi connectivity index (χ2v) is 6.51. The van der Waals surface area contributed by atoms with Crippen LogP contribution in [0, 0.1) is 0 Å². The molecule has 0 fully saturated rings. The van der Waals surface area contributed by atoms with Gasteiger partial charge in [-0.1, -0.05) is 30.3 Å². The van der Waals surface area contributed by atoms with E-state index in [0.717, 1.165) is 16.6 Å². The van der Waals surface area contributed by atoms with Gasteiger partial charge in [0, 0.05) is 18.0 Å². The van der Waals surface area contributed by atoms with E-state index in [0.29, 0.717) is 17.2 Å². The minimum Gasteiger partial charge on any atom is -0.338 e. The zero-order chi connectivity index (χ0) is 19.8. The van der Waals surface area contributed by atoms with E-state index in [9.17, 15) is 9.59 Å². The average molecular weight is 381 g/mol. The number of carbonyl (C=O) groups is 1. The Labute approximate surface area is 164 Å². The Bertz CT molecular complexity index is 1400. The standard InChI is InChI=1S/C22H15N5O2/c28-21(15-13-23-19-11-5-6-12-27(19)22(15)29)26-16-8-2-1-7-14(16)20-24-17-9-3-4-10-18(17)25-20/h1-13H,(H,24,25)(H,26,28). The van der Waals surface area contributed by atoms with Gasteiger partial charge in [-0.25, -0.2) is 9.97 Å². The predicted molar refractivity (Wildman–Crippen MR) is 111 cm³/mol. The molecular formula is C22H15N5O2. The average Bonchev–Trinajstić information content (AvgIpc) is 3.18. The number of imidazole rings is 1. The topological polar surface area (TPSA) is 92.2 Å². The summed E-state index contributed by atoms with van der Waals surface area (Å²) in [6.07, 6.45) is 2.89. The van der Waals surface area contributed by atoms with Gasteiger partial charge in [-0.2, -0.15) is 0 Å². The summed E-state index contributed by atoms with van der Waals surface area (Å²) in [7, 11) is 0. The highest BCUT2D eigenvalue weighted by Gasteiger charge is 2.16. The number of hydrogen-bond acceptors (Lipinski definition) is 4. The van der Waals surface area contributed by atoms with Crippen molar-refractivity contribution >= 4 is 28.3 Å². The number of nitrogens with one attached hydrogen (secondary N) is 2. The molecule has 3 aromatic heterocycles. The van der Waals surface area contributed by atoms with Crippen molar-refractivity contribution in [1.29, 1.82) is 0 Å². The number of H-pyrrole nitrogens is 1. The van der Waals surface area contributed by atoms with E-state index >= 15 is 0 Å². The SMILES string of the molecule is O=C(Nc1ccccc1-c1nc2ccccc2[nH]1)c1cnc2ccccn2c1=O. The quantitative estimate of drug-likeness (QED) is 0.500. The summed E-state index contributed by atoms with van der Waals surface area (Å²) in [6.45, 7) is 0. The van der Waals surface area contributed by atoms with Gasteiger partial charge in [-0.15, -0.1) is 0 Å². The second-order valence-electron chi connectivity index (χ2n) is 6.51. The molecule has 2 aromatic carbocycles. The first-order valence-corrected chi connectivity index (χ1v) is 9.02. The van der Waals surface area contributed by atoms with E-state index in [1.165, 1.54) is 10.6 Å². The first kappa shape index (κ1) is 16.9. The molecule has 0 aliphatic rings. The Morgan fingerprint density at radius 2 is 1.76 bits per heavy atom. The number of pyridine rings is 1. The Morgan fingerprint density at radius 3 is 2.66 bits per heavy atom. The maximum absolute atomic E-state index is 12.8. The fraction of sp³-hybridized carbons (Fsp3) is 0. The summed E-state index contributed by atoms with van der Waals surface area (Å²) in [4.78, 5) is 37.6. The van der Waals surface area contributed by atoms with E-state index in [4.69, 9.17) is 0 Å². The van der Waals surface area contributed by atoms with Gasteiger partial charge in [0.2, 0.25) is 0 Å². The third kappa shape index (κ3) is 2.94. The molecule has 7 heteroatoms. The number of anilines is 1. The lowest BCUT2D eigenvalue weighted by atomic mass is 10.1. The number of carbonyl (C=O) groups excluding carboxylic acids is 1. The monoisotopic (exact) mass is 381 g/mol. The molecule has 0 aliphatic carbocycles. The minimum absolute atomic E-state index is 0.0342. The summed E-state index contributed by atoms with van der Waals surface area (Å²) >= 11 is 0. The molecule has 0 spiro atoms. The van der Waals surface area contributed by atoms with Crippen molar-refractivity contribution in [3.63, 3.8) is 0 Å². The van der Waals surface area contributed by atoms with E-state index in [1.807, 2.05) is 42.5 Å². The van der Waals surface area contributed by atoms with Crippen LogP contribution in [-0.4, -0.2) is 25.3 Å². The number of aromatic nitrogens is 4. The van der Waals surface area contributed by atoms with Gasteiger partial charge in [0.25, 0.3) is 11.5 Å². The van der Waals surface area contributed by atoms with Crippen molar-refractivity contribution in [2.75, 3.05) is 5.32 Å². The third-order valence-corrected chi connectivity index (χ3v) is 4.68. The fourth-order valence-corrected chi connectivity index (χ4v) is 3.25. The highest BCUT2D eigenvalue weighted by Crippen LogP contribution is 2.27. The Morgan fingerprint density at radius 1 is 0.966 bits per heavy atom. The summed E-state index contributed by atoms with van der Waals surface area (Å²) in [6, 6.07) is 20.2. The van der Waals surface area contributed by atoms with Crippen LogP contribution in [0.25, 0.3) is 28.1 Å². The lowest BCUT2D eigenvalue weighted by Gasteiger charge is -2.09. The van der Waals surface area contributed by atoms with Crippen LogP contribution >= 0.6 is 0 Å². The molecule has 0 bridgehead atoms. The fourth-order valence-electron chi connectivity index (χ4n) is 3.25. The molecular weight excluding hydrogens is 366 g/mol. The molecule has 0 atom stereocenters. The van der Waals surface area contributed by atoms with Crippen LogP contribution in [0.1, 0.15) is 10.4 Å². The molecule has 5 aromatic rings. The molecule has 0 aliphatic heterocycles. The van der Waals surface area contributed by atoms with Crippen LogP contribution in [0.15, 0.2) is 83.9 Å². The van der Waals surface area contributed by atoms with Crippen molar-refractivity contribution < 1.29 is 4.79 Å². The van der Waals surface area contributed by atoms with Crippen LogP contribution in [0.5, 0.6) is 0 Å². The molecule has 7 nitrogen and oxygen atoms in total. The summed E-state index contributed by atoms with van der Waals surface area (Å²) in [5.41, 5.74) is 3.04. The number of benzene rings is 2. The Balaban J connectivity index is 1.54. The zero-order valence-corrected chi connectivity index (χ0v) is 15.2. The number of aromatic amines is 1. The molecule has 3 heterocycles. The van der Waals surface area contributed by atoms with Crippen molar-refractivity contribution in [3.8, 4) is 11.4 Å². The largest absolute Gasteiger partial charge is 0.338 e. The zero-order valence-electron chi connectivity index (χ0n) is 15.2. The molecule has 0 unspecified atom stereocenters. The predicted octanol–water partition coefficient (Wildman–Crippen LogP) is 3.49. The van der Waals surface area contributed by atoms with Crippen molar-refractivity contribution in [2.24, 2.45) is 0 Å². The summed E-state index contributed by atoms with van der Waals surface area (Å²) < 4.78 is 1.35. The maximum atomic E-state index is 12.8. The summed E-state index contributed by atoms with van der Waals surface area (Å²) in [5.74, 6) is 0.111. The van der Waals surface area contributed by atoms with Crippen LogP contribution in [0.4, 0.5) is 5.69 Å². The van der Waals surface area contributed by atoms with E-state index in [2.05, 4.69) is 20.3 Å². The Kier molecular flexibility index (Phi) is 3.91. The molecule has 0 radical (unpaired) electrons. The highest BCUT2D eigenvalue weighted by molar-refractivity contribution is 6.06. The van der Waals surface area contributed by atoms with Gasteiger partial charge in [0.05, 0.1) is 16.7 Å². The molecule has 2 N–H and O–H groups in total. The van der Waals surface area contributed by atoms with E-state index in [-0.39, 0.29) is 5.56 Å². The maximum Gasteiger partial charge on any atom is 0.270 e. The van der Waals surface area contributed by atoms with Crippen LogP contribution in [-0.2, 0) is 0 Å². The van der Waals surface area contributed by atoms with Crippen LogP contribution < -0.4 is 10.9 Å². The normalized spacial score (nSPS) is 11.0. The first-order valence-electron chi connectivity index (χ1n) is 9.02. The minimum atomic E-state index is -0.524. The van der Waals surface area contributed by atoms with Gasteiger partial charge in [0.15, 0.2) is 0 Å². The Hall–Kier alpha value is -4.26. The van der Waals surface area contributed by atoms with Gasteiger partial charge in [0.1, 0.15) is 17.0 Å². The molecule has 0 saturated carbocycles. The number of para-hydroxylation sites is 3. The third-order valence-electron chi connectivity index (χ3n) is 4.68. The lowest BCUT2D eigenvalue weighted by Crippen LogP contribution is -2.26. The van der Waals surface area contributed by atoms with Crippen molar-refractivity contribution in [1.82, 2.24) is 19.4 Å². The number of nitrogens with zero attached hydrogens (tertiary/aromatic N) is 3. The molecule has 5 rings (SSSR count). The first-order chi connectivity index (χ1) is 14.2. The number of hydrogen-bond donors (Lipinski definition) is 2. The highest BCUT2D eigenvalue weighted by atomic mass is 16.2. The molecule has 29 heavy (non-hydrogen) atoms. The second kappa shape index (κ2) is 6.72.